The van der Waals surface area contributed by atoms with Crippen molar-refractivity contribution in [1.29, 1.82) is 0 Å². The van der Waals surface area contributed by atoms with E-state index in [-0.39, 0.29) is 0 Å². The van der Waals surface area contributed by atoms with Gasteiger partial charge in [-0.1, -0.05) is 157 Å². The van der Waals surface area contributed by atoms with Crippen molar-refractivity contribution < 1.29 is 0 Å². The Balaban J connectivity index is 1.27. The maximum atomic E-state index is 3.51. The van der Waals surface area contributed by atoms with Crippen LogP contribution in [0.1, 0.15) is 33.4 Å². The van der Waals surface area contributed by atoms with Gasteiger partial charge in [-0.25, -0.2) is 0 Å². The van der Waals surface area contributed by atoms with Gasteiger partial charge in [-0.3, -0.25) is 0 Å². The fourth-order valence-corrected chi connectivity index (χ4v) is 5.74. The minimum Gasteiger partial charge on any atom is -0.311 e. The van der Waals surface area contributed by atoms with Gasteiger partial charge in [0.1, 0.15) is 0 Å². The number of hydrogen-bond acceptors (Lipinski definition) is 1. The van der Waals surface area contributed by atoms with Gasteiger partial charge < -0.3 is 4.90 Å². The number of anilines is 3. The van der Waals surface area contributed by atoms with Gasteiger partial charge in [0.2, 0.25) is 0 Å². The first-order valence-corrected chi connectivity index (χ1v) is 17.3. The summed E-state index contributed by atoms with van der Waals surface area (Å²) in [6, 6.07) is 51.1. The van der Waals surface area contributed by atoms with E-state index in [0.29, 0.717) is 0 Å². The summed E-state index contributed by atoms with van der Waals surface area (Å²) in [6.45, 7) is 0. The molecule has 4 heteroatoms. The van der Waals surface area contributed by atoms with Gasteiger partial charge in [0.15, 0.2) is 0 Å². The van der Waals surface area contributed by atoms with Crippen LogP contribution in [0.4, 0.5) is 17.1 Å². The molecule has 0 aliphatic carbocycles. The Morgan fingerprint density at radius 1 is 0.261 bits per heavy atom. The van der Waals surface area contributed by atoms with Crippen LogP contribution in [0.2, 0.25) is 0 Å². The highest BCUT2D eigenvalue weighted by Gasteiger charge is 2.12. The molecule has 0 saturated carbocycles. The Hall–Kier alpha value is -4.22. The van der Waals surface area contributed by atoms with Crippen molar-refractivity contribution in [3.05, 3.63) is 192 Å². The van der Waals surface area contributed by atoms with Gasteiger partial charge in [-0.05, 0) is 106 Å². The molecule has 0 aromatic heterocycles. The molecule has 0 radical (unpaired) electrons. The summed E-state index contributed by atoms with van der Waals surface area (Å²) in [7, 11) is 0. The highest BCUT2D eigenvalue weighted by molar-refractivity contribution is 9.11. The topological polar surface area (TPSA) is 3.24 Å². The van der Waals surface area contributed by atoms with Crippen LogP contribution in [-0.2, 0) is 0 Å². The highest BCUT2D eigenvalue weighted by atomic mass is 79.9. The van der Waals surface area contributed by atoms with Crippen molar-refractivity contribution in [1.82, 2.24) is 0 Å². The molecule has 46 heavy (non-hydrogen) atoms. The highest BCUT2D eigenvalue weighted by Crippen LogP contribution is 2.35. The Morgan fingerprint density at radius 2 is 0.435 bits per heavy atom. The molecule has 0 amide bonds. The summed E-state index contributed by atoms with van der Waals surface area (Å²) in [6.07, 6.45) is 12.9. The molecule has 6 aromatic rings. The monoisotopic (exact) mass is 785 g/mol. The largest absolute Gasteiger partial charge is 0.311 e. The second-order valence-corrected chi connectivity index (χ2v) is 13.5. The zero-order valence-electron chi connectivity index (χ0n) is 24.9. The lowest BCUT2D eigenvalue weighted by molar-refractivity contribution is 1.28. The summed E-state index contributed by atoms with van der Waals surface area (Å²) in [5, 5.41) is 0. The Morgan fingerprint density at radius 3 is 0.630 bits per heavy atom. The first-order valence-electron chi connectivity index (χ1n) is 14.9. The van der Waals surface area contributed by atoms with Crippen molar-refractivity contribution in [3.63, 3.8) is 0 Å². The number of rotatable bonds is 9. The Kier molecular flexibility index (Phi) is 10.6. The van der Waals surface area contributed by atoms with Crippen LogP contribution in [0.3, 0.4) is 0 Å². The molecule has 1 nitrogen and oxygen atoms in total. The zero-order chi connectivity index (χ0) is 31.7. The molecule has 0 atom stereocenters. The van der Waals surface area contributed by atoms with E-state index in [2.05, 4.69) is 235 Å². The average molecular weight is 788 g/mol. The van der Waals surface area contributed by atoms with E-state index in [0.717, 1.165) is 63.9 Å². The van der Waals surface area contributed by atoms with E-state index in [1.165, 1.54) is 0 Å². The number of hydrogen-bond donors (Lipinski definition) is 0. The maximum Gasteiger partial charge on any atom is 0.0462 e. The van der Waals surface area contributed by atoms with Crippen molar-refractivity contribution in [2.75, 3.05) is 4.90 Å². The minimum absolute atomic E-state index is 1.08. The van der Waals surface area contributed by atoms with Crippen LogP contribution < -0.4 is 4.90 Å². The third-order valence-corrected chi connectivity index (χ3v) is 9.05. The smallest absolute Gasteiger partial charge is 0.0462 e. The maximum absolute atomic E-state index is 3.51. The molecule has 0 N–H and O–H groups in total. The van der Waals surface area contributed by atoms with Crippen LogP contribution in [0.15, 0.2) is 159 Å². The molecule has 0 bridgehead atoms. The van der Waals surface area contributed by atoms with E-state index < -0.39 is 0 Å². The third-order valence-electron chi connectivity index (χ3n) is 7.47. The fourth-order valence-electron chi connectivity index (χ4n) is 4.95. The van der Waals surface area contributed by atoms with E-state index in [4.69, 9.17) is 0 Å². The zero-order valence-corrected chi connectivity index (χ0v) is 29.7. The first kappa shape index (κ1) is 31.7. The van der Waals surface area contributed by atoms with Gasteiger partial charge in [0.25, 0.3) is 0 Å². The summed E-state index contributed by atoms with van der Waals surface area (Å²) >= 11 is 10.5. The molecule has 0 fully saturated rings. The van der Waals surface area contributed by atoms with E-state index in [1.807, 2.05) is 0 Å². The lowest BCUT2D eigenvalue weighted by Crippen LogP contribution is -2.09. The molecule has 0 heterocycles. The van der Waals surface area contributed by atoms with E-state index >= 15 is 0 Å². The first-order chi connectivity index (χ1) is 22.5. The molecule has 6 aromatic carbocycles. The molecule has 0 saturated heterocycles. The van der Waals surface area contributed by atoms with E-state index in [1.54, 1.807) is 0 Å². The Labute approximate surface area is 296 Å². The SMILES string of the molecule is Brc1ccc(/C=C/c2ccc(N(c3ccc(/C=C/c4ccc(Br)cc4)cc3)c3ccc(/C=C/c4ccc(Br)cc4)cc3)cc2)cc1. The van der Waals surface area contributed by atoms with Crippen molar-refractivity contribution in [2.45, 2.75) is 0 Å². The summed E-state index contributed by atoms with van der Waals surface area (Å²) in [5.41, 5.74) is 10.2. The average Bonchev–Trinajstić information content (AvgIpc) is 3.09. The predicted molar refractivity (Wildman–Crippen MR) is 210 cm³/mol. The van der Waals surface area contributed by atoms with Crippen LogP contribution in [-0.4, -0.2) is 0 Å². The van der Waals surface area contributed by atoms with Crippen LogP contribution >= 0.6 is 47.8 Å². The fraction of sp³-hybridized carbons (Fsp3) is 0. The molecular weight excluding hydrogens is 758 g/mol. The van der Waals surface area contributed by atoms with Crippen LogP contribution in [0.25, 0.3) is 36.5 Å². The molecule has 0 aliphatic rings. The molecule has 6 rings (SSSR count). The van der Waals surface area contributed by atoms with Gasteiger partial charge >= 0.3 is 0 Å². The second-order valence-electron chi connectivity index (χ2n) is 10.8. The Bertz CT molecular complexity index is 1720. The van der Waals surface area contributed by atoms with Gasteiger partial charge in [0, 0.05) is 30.5 Å². The summed E-state index contributed by atoms with van der Waals surface area (Å²) < 4.78 is 3.24. The summed E-state index contributed by atoms with van der Waals surface area (Å²) in [5.74, 6) is 0. The van der Waals surface area contributed by atoms with Gasteiger partial charge in [-0.15, -0.1) is 0 Å². The van der Waals surface area contributed by atoms with Crippen LogP contribution in [0.5, 0.6) is 0 Å². The number of benzene rings is 6. The number of nitrogens with zero attached hydrogens (tertiary/aromatic N) is 1. The molecule has 224 valence electrons. The molecular formula is C42H30Br3N. The normalized spacial score (nSPS) is 11.5. The van der Waals surface area contributed by atoms with Crippen molar-refractivity contribution >= 4 is 101 Å². The predicted octanol–water partition coefficient (Wildman–Crippen LogP) is 14.0. The molecule has 0 unspecified atom stereocenters. The van der Waals surface area contributed by atoms with Crippen LogP contribution in [0, 0.1) is 0 Å². The summed E-state index contributed by atoms with van der Waals surface area (Å²) in [4.78, 5) is 2.30. The molecule has 0 spiro atoms. The molecule has 0 aliphatic heterocycles. The quantitative estimate of drug-likeness (QED) is 0.132. The van der Waals surface area contributed by atoms with Crippen molar-refractivity contribution in [2.24, 2.45) is 0 Å². The minimum atomic E-state index is 1.08. The van der Waals surface area contributed by atoms with Gasteiger partial charge in [-0.2, -0.15) is 0 Å². The number of halogens is 3. The van der Waals surface area contributed by atoms with Gasteiger partial charge in [0.05, 0.1) is 0 Å². The lowest BCUT2D eigenvalue weighted by Gasteiger charge is -2.26. The van der Waals surface area contributed by atoms with E-state index in [9.17, 15) is 0 Å². The lowest BCUT2D eigenvalue weighted by atomic mass is 10.1. The third kappa shape index (κ3) is 8.73. The van der Waals surface area contributed by atoms with Crippen molar-refractivity contribution in [3.8, 4) is 0 Å². The standard InChI is InChI=1S/C42H30Br3N/c43-37-19-7-31(8-20-37)1-4-34-13-25-40(26-14-34)46(41-27-15-35(16-28-41)5-2-32-9-21-38(44)22-10-32)42-29-17-36(18-30-42)6-3-33-11-23-39(45)24-12-33/h1-30H/b4-1+,5-2+,6-3+. The second kappa shape index (κ2) is 15.4.